The third-order valence-electron chi connectivity index (χ3n) is 5.83. The number of halogens is 1. The molecule has 0 aliphatic carbocycles. The van der Waals surface area contributed by atoms with E-state index in [-0.39, 0.29) is 6.61 Å². The van der Waals surface area contributed by atoms with Crippen LogP contribution in [0.25, 0.3) is 21.8 Å². The number of rotatable bonds is 12. The second-order valence-corrected chi connectivity index (χ2v) is 8.21. The van der Waals surface area contributed by atoms with Crippen molar-refractivity contribution in [1.82, 2.24) is 9.47 Å². The molecule has 0 saturated carbocycles. The quantitative estimate of drug-likeness (QED) is 0.341. The van der Waals surface area contributed by atoms with E-state index >= 15 is 0 Å². The van der Waals surface area contributed by atoms with Gasteiger partial charge in [0.2, 0.25) is 0 Å². The highest BCUT2D eigenvalue weighted by Gasteiger charge is 2.16. The number of aliphatic hydroxyl groups is 1. The van der Waals surface area contributed by atoms with E-state index in [9.17, 15) is 9.50 Å². The van der Waals surface area contributed by atoms with Gasteiger partial charge in [0.25, 0.3) is 0 Å². The van der Waals surface area contributed by atoms with Gasteiger partial charge in [-0.3, -0.25) is 4.90 Å². The number of nitrogens with zero attached hydrogens (tertiary/aromatic N) is 2. The zero-order chi connectivity index (χ0) is 23.0. The lowest BCUT2D eigenvalue weighted by Gasteiger charge is -2.25. The molecule has 174 valence electrons. The van der Waals surface area contributed by atoms with Crippen molar-refractivity contribution in [3.05, 3.63) is 78.4 Å². The van der Waals surface area contributed by atoms with Crippen LogP contribution in [-0.2, 0) is 17.8 Å². The van der Waals surface area contributed by atoms with Crippen molar-refractivity contribution in [2.75, 3.05) is 40.1 Å². The van der Waals surface area contributed by atoms with Gasteiger partial charge in [-0.05, 0) is 29.8 Å². The van der Waals surface area contributed by atoms with Crippen molar-refractivity contribution >= 4 is 21.8 Å². The molecule has 0 radical (unpaired) electrons. The van der Waals surface area contributed by atoms with E-state index in [0.717, 1.165) is 16.6 Å². The Balaban J connectivity index is 1.48. The van der Waals surface area contributed by atoms with E-state index in [1.54, 1.807) is 7.11 Å². The molecule has 0 fully saturated rings. The molecule has 0 saturated heterocycles. The van der Waals surface area contributed by atoms with Crippen LogP contribution in [0, 0.1) is 0 Å². The summed E-state index contributed by atoms with van der Waals surface area (Å²) in [4.78, 5) is 2.19. The number of fused-ring (bicyclic) bond motifs is 3. The van der Waals surface area contributed by atoms with Gasteiger partial charge in [0, 0.05) is 48.5 Å². The van der Waals surface area contributed by atoms with Crippen LogP contribution >= 0.6 is 0 Å². The molecule has 0 aliphatic rings. The summed E-state index contributed by atoms with van der Waals surface area (Å²) in [6, 6.07) is 24.3. The van der Waals surface area contributed by atoms with Crippen LogP contribution in [-0.4, -0.2) is 60.8 Å². The monoisotopic (exact) mass is 450 g/mol. The smallest absolute Gasteiger partial charge is 0.123 e. The maximum absolute atomic E-state index is 12.3. The van der Waals surface area contributed by atoms with Crippen molar-refractivity contribution in [2.45, 2.75) is 19.2 Å². The Kier molecular flexibility index (Phi) is 7.94. The van der Waals surface area contributed by atoms with Crippen LogP contribution in [0.15, 0.2) is 72.8 Å². The highest BCUT2D eigenvalue weighted by molar-refractivity contribution is 6.07. The topological polar surface area (TPSA) is 46.9 Å². The fourth-order valence-electron chi connectivity index (χ4n) is 4.33. The molecule has 0 bridgehead atoms. The number of alkyl halides is 1. The number of hydrogen-bond donors (Lipinski definition) is 1. The third-order valence-corrected chi connectivity index (χ3v) is 5.83. The fraction of sp³-hybridized carbons (Fsp3) is 0.333. The maximum atomic E-state index is 12.3. The average molecular weight is 451 g/mol. The van der Waals surface area contributed by atoms with Crippen molar-refractivity contribution < 1.29 is 19.0 Å². The molecule has 0 amide bonds. The number of benzene rings is 3. The van der Waals surface area contributed by atoms with Gasteiger partial charge in [-0.15, -0.1) is 0 Å². The first-order valence-corrected chi connectivity index (χ1v) is 11.3. The lowest BCUT2D eigenvalue weighted by Crippen LogP contribution is -2.36. The molecule has 1 aromatic heterocycles. The second-order valence-electron chi connectivity index (χ2n) is 8.21. The summed E-state index contributed by atoms with van der Waals surface area (Å²) in [6.07, 6.45) is -0.548. The van der Waals surface area contributed by atoms with Gasteiger partial charge in [0.15, 0.2) is 0 Å². The van der Waals surface area contributed by atoms with Gasteiger partial charge < -0.3 is 19.1 Å². The van der Waals surface area contributed by atoms with Gasteiger partial charge in [0.1, 0.15) is 19.0 Å². The predicted molar refractivity (Wildman–Crippen MR) is 131 cm³/mol. The highest BCUT2D eigenvalue weighted by atomic mass is 19.1. The molecule has 6 heteroatoms. The van der Waals surface area contributed by atoms with E-state index in [1.165, 1.54) is 10.8 Å². The largest absolute Gasteiger partial charge is 0.491 e. The average Bonchev–Trinajstić information content (AvgIpc) is 3.16. The maximum Gasteiger partial charge on any atom is 0.123 e. The Morgan fingerprint density at radius 3 is 2.15 bits per heavy atom. The van der Waals surface area contributed by atoms with Crippen LogP contribution in [0.5, 0.6) is 5.75 Å². The van der Waals surface area contributed by atoms with Gasteiger partial charge in [-0.25, -0.2) is 4.39 Å². The molecule has 1 heterocycles. The Bertz CT molecular complexity index is 1110. The lowest BCUT2D eigenvalue weighted by molar-refractivity contribution is 0.0768. The molecule has 5 nitrogen and oxygen atoms in total. The van der Waals surface area contributed by atoms with Gasteiger partial charge in [-0.1, -0.05) is 48.5 Å². The van der Waals surface area contributed by atoms with E-state index in [4.69, 9.17) is 9.47 Å². The minimum Gasteiger partial charge on any atom is -0.491 e. The summed E-state index contributed by atoms with van der Waals surface area (Å²) in [5, 5.41) is 13.5. The van der Waals surface area contributed by atoms with Crippen LogP contribution in [0.1, 0.15) is 5.56 Å². The Labute approximate surface area is 194 Å². The normalized spacial score (nSPS) is 12.6. The first-order valence-electron chi connectivity index (χ1n) is 11.3. The molecule has 4 rings (SSSR count). The molecule has 0 spiro atoms. The second kappa shape index (κ2) is 11.3. The molecular formula is C27H31FN2O3. The zero-order valence-corrected chi connectivity index (χ0v) is 19.0. The minimum absolute atomic E-state index is 0.0638. The van der Waals surface area contributed by atoms with Crippen molar-refractivity contribution in [3.8, 4) is 5.75 Å². The van der Waals surface area contributed by atoms with Gasteiger partial charge in [0.05, 0.1) is 19.3 Å². The van der Waals surface area contributed by atoms with Crippen molar-refractivity contribution in [3.63, 3.8) is 0 Å². The molecule has 33 heavy (non-hydrogen) atoms. The third kappa shape index (κ3) is 5.71. The summed E-state index contributed by atoms with van der Waals surface area (Å²) >= 11 is 0. The van der Waals surface area contributed by atoms with Crippen LogP contribution in [0.2, 0.25) is 0 Å². The standard InChI is InChI=1S/C27H31FN2O3/c1-32-17-15-29(18-21-10-12-23(13-11-21)33-16-14-28)19-22(31)20-30-26-8-4-2-6-24(26)25-7-3-5-9-27(25)30/h2-13,22,31H,14-20H2,1H3. The van der Waals surface area contributed by atoms with Crippen LogP contribution in [0.4, 0.5) is 4.39 Å². The van der Waals surface area contributed by atoms with Crippen molar-refractivity contribution in [1.29, 1.82) is 0 Å². The number of methoxy groups -OCH3 is 1. The number of aliphatic hydroxyl groups excluding tert-OH is 1. The Morgan fingerprint density at radius 1 is 0.909 bits per heavy atom. The van der Waals surface area contributed by atoms with Crippen LogP contribution < -0.4 is 4.74 Å². The molecule has 1 atom stereocenters. The summed E-state index contributed by atoms with van der Waals surface area (Å²) < 4.78 is 25.1. The van der Waals surface area contributed by atoms with E-state index in [0.29, 0.717) is 38.5 Å². The molecular weight excluding hydrogens is 419 g/mol. The number of ether oxygens (including phenoxy) is 2. The van der Waals surface area contributed by atoms with Crippen molar-refractivity contribution in [2.24, 2.45) is 0 Å². The minimum atomic E-state index is -0.548. The summed E-state index contributed by atoms with van der Waals surface area (Å²) in [6.45, 7) is 2.56. The first kappa shape index (κ1) is 23.2. The first-order chi connectivity index (χ1) is 16.2. The fourth-order valence-corrected chi connectivity index (χ4v) is 4.33. The number of para-hydroxylation sites is 2. The Morgan fingerprint density at radius 2 is 1.55 bits per heavy atom. The summed E-state index contributed by atoms with van der Waals surface area (Å²) in [5.41, 5.74) is 3.36. The molecule has 3 aromatic carbocycles. The predicted octanol–water partition coefficient (Wildman–Crippen LogP) is 4.65. The lowest BCUT2D eigenvalue weighted by atomic mass is 10.2. The van der Waals surface area contributed by atoms with E-state index < -0.39 is 12.8 Å². The number of hydrogen-bond acceptors (Lipinski definition) is 4. The number of aromatic nitrogens is 1. The van der Waals surface area contributed by atoms with Gasteiger partial charge >= 0.3 is 0 Å². The summed E-state index contributed by atoms with van der Waals surface area (Å²) in [5.74, 6) is 0.659. The SMILES string of the molecule is COCCN(Cc1ccc(OCCF)cc1)CC(O)Cn1c2ccccc2c2ccccc21. The zero-order valence-electron chi connectivity index (χ0n) is 19.0. The highest BCUT2D eigenvalue weighted by Crippen LogP contribution is 2.29. The Hall–Kier alpha value is -2.93. The molecule has 0 aliphatic heterocycles. The van der Waals surface area contributed by atoms with Crippen LogP contribution in [0.3, 0.4) is 0 Å². The van der Waals surface area contributed by atoms with E-state index in [2.05, 4.69) is 45.9 Å². The van der Waals surface area contributed by atoms with E-state index in [1.807, 2.05) is 36.4 Å². The van der Waals surface area contributed by atoms with Gasteiger partial charge in [-0.2, -0.15) is 0 Å². The molecule has 1 N–H and O–H groups in total. The summed E-state index contributed by atoms with van der Waals surface area (Å²) in [7, 11) is 1.68. The molecule has 4 aromatic rings. The molecule has 1 unspecified atom stereocenters.